The maximum absolute atomic E-state index is 5.70. The summed E-state index contributed by atoms with van der Waals surface area (Å²) >= 11 is 0. The zero-order chi connectivity index (χ0) is 15.1. The lowest BCUT2D eigenvalue weighted by Crippen LogP contribution is -1.95. The smallest absolute Gasteiger partial charge is 0.231 e. The molecule has 1 aromatic carbocycles. The van der Waals surface area contributed by atoms with Crippen molar-refractivity contribution in [3.8, 4) is 17.2 Å². The zero-order valence-corrected chi connectivity index (χ0v) is 12.9. The summed E-state index contributed by atoms with van der Waals surface area (Å²) in [5, 5.41) is 0. The van der Waals surface area contributed by atoms with Crippen LogP contribution in [-0.4, -0.2) is 13.4 Å². The van der Waals surface area contributed by atoms with Gasteiger partial charge in [0.05, 0.1) is 0 Å². The summed E-state index contributed by atoms with van der Waals surface area (Å²) in [6.07, 6.45) is 6.24. The van der Waals surface area contributed by atoms with Crippen molar-refractivity contribution in [1.82, 2.24) is 0 Å². The van der Waals surface area contributed by atoms with E-state index in [1.165, 1.54) is 11.1 Å². The number of allylic oxidation sites excluding steroid dienone is 2. The highest BCUT2D eigenvalue weighted by molar-refractivity contribution is 5.46. The fraction of sp³-hybridized carbons (Fsp3) is 0.389. The predicted octanol–water partition coefficient (Wildman–Crippen LogP) is 4.64. The van der Waals surface area contributed by atoms with E-state index in [1.807, 2.05) is 18.2 Å². The van der Waals surface area contributed by atoms with Crippen LogP contribution in [0.5, 0.6) is 17.2 Å². The SMILES string of the molecule is CC(C)=C=CCCC(C)=CCOc1ccc2c(c1)OCO2. The van der Waals surface area contributed by atoms with Crippen LogP contribution in [0.15, 0.2) is 47.2 Å². The Kier molecular flexibility index (Phi) is 5.53. The van der Waals surface area contributed by atoms with Gasteiger partial charge in [-0.15, -0.1) is 5.73 Å². The molecule has 1 aromatic rings. The van der Waals surface area contributed by atoms with Crippen molar-refractivity contribution < 1.29 is 14.2 Å². The van der Waals surface area contributed by atoms with Crippen LogP contribution in [-0.2, 0) is 0 Å². The van der Waals surface area contributed by atoms with Gasteiger partial charge in [0.15, 0.2) is 11.5 Å². The van der Waals surface area contributed by atoms with Crippen LogP contribution in [0.2, 0.25) is 0 Å². The Hall–Kier alpha value is -2.12. The Morgan fingerprint density at radius 3 is 2.86 bits per heavy atom. The third kappa shape index (κ3) is 5.05. The van der Waals surface area contributed by atoms with Gasteiger partial charge in [0.1, 0.15) is 12.4 Å². The molecule has 2 rings (SSSR count). The molecule has 0 radical (unpaired) electrons. The van der Waals surface area contributed by atoms with E-state index >= 15 is 0 Å². The Labute approximate surface area is 126 Å². The van der Waals surface area contributed by atoms with Crippen molar-refractivity contribution in [2.24, 2.45) is 0 Å². The Morgan fingerprint density at radius 2 is 2.05 bits per heavy atom. The molecule has 0 amide bonds. The first-order chi connectivity index (χ1) is 10.1. The van der Waals surface area contributed by atoms with Crippen LogP contribution in [0.4, 0.5) is 0 Å². The molecule has 112 valence electrons. The van der Waals surface area contributed by atoms with Crippen molar-refractivity contribution in [1.29, 1.82) is 0 Å². The van der Waals surface area contributed by atoms with Crippen molar-refractivity contribution in [2.75, 3.05) is 13.4 Å². The van der Waals surface area contributed by atoms with E-state index in [1.54, 1.807) is 0 Å². The summed E-state index contributed by atoms with van der Waals surface area (Å²) in [7, 11) is 0. The summed E-state index contributed by atoms with van der Waals surface area (Å²) in [6, 6.07) is 5.63. The monoisotopic (exact) mass is 286 g/mol. The first-order valence-electron chi connectivity index (χ1n) is 7.21. The second-order valence-corrected chi connectivity index (χ2v) is 5.26. The topological polar surface area (TPSA) is 27.7 Å². The molecule has 1 aliphatic rings. The zero-order valence-electron chi connectivity index (χ0n) is 12.9. The molecule has 1 heterocycles. The molecule has 0 saturated heterocycles. The van der Waals surface area contributed by atoms with Crippen LogP contribution in [0.3, 0.4) is 0 Å². The van der Waals surface area contributed by atoms with E-state index in [0.29, 0.717) is 6.61 Å². The largest absolute Gasteiger partial charge is 0.489 e. The van der Waals surface area contributed by atoms with Gasteiger partial charge in [0.25, 0.3) is 0 Å². The van der Waals surface area contributed by atoms with Gasteiger partial charge in [-0.1, -0.05) is 5.57 Å². The van der Waals surface area contributed by atoms with Gasteiger partial charge in [0.2, 0.25) is 6.79 Å². The minimum absolute atomic E-state index is 0.289. The predicted molar refractivity (Wildman–Crippen MR) is 84.0 cm³/mol. The third-order valence-electron chi connectivity index (χ3n) is 3.10. The normalized spacial score (nSPS) is 12.8. The summed E-state index contributed by atoms with van der Waals surface area (Å²) in [5.41, 5.74) is 5.75. The van der Waals surface area contributed by atoms with Crippen LogP contribution in [0.25, 0.3) is 0 Å². The Balaban J connectivity index is 1.77. The second-order valence-electron chi connectivity index (χ2n) is 5.26. The summed E-state index contributed by atoms with van der Waals surface area (Å²) in [5.74, 6) is 2.33. The fourth-order valence-electron chi connectivity index (χ4n) is 1.92. The lowest BCUT2D eigenvalue weighted by atomic mass is 10.1. The average molecular weight is 286 g/mol. The molecule has 3 heteroatoms. The molecule has 0 unspecified atom stereocenters. The summed E-state index contributed by atoms with van der Waals surface area (Å²) < 4.78 is 16.3. The number of ether oxygens (including phenoxy) is 3. The molecule has 0 aromatic heterocycles. The Bertz CT molecular complexity index is 574. The molecular weight excluding hydrogens is 264 g/mol. The number of hydrogen-bond acceptors (Lipinski definition) is 3. The van der Waals surface area contributed by atoms with Gasteiger partial charge < -0.3 is 14.2 Å². The molecule has 21 heavy (non-hydrogen) atoms. The van der Waals surface area contributed by atoms with E-state index in [0.717, 1.165) is 30.1 Å². The van der Waals surface area contributed by atoms with E-state index in [4.69, 9.17) is 14.2 Å². The van der Waals surface area contributed by atoms with Crippen molar-refractivity contribution in [3.63, 3.8) is 0 Å². The molecule has 0 spiro atoms. The minimum Gasteiger partial charge on any atom is -0.489 e. The quantitative estimate of drug-likeness (QED) is 0.563. The van der Waals surface area contributed by atoms with E-state index in [-0.39, 0.29) is 6.79 Å². The van der Waals surface area contributed by atoms with Gasteiger partial charge in [-0.25, -0.2) is 0 Å². The molecule has 1 aliphatic heterocycles. The highest BCUT2D eigenvalue weighted by atomic mass is 16.7. The first kappa shape index (κ1) is 15.3. The first-order valence-corrected chi connectivity index (χ1v) is 7.21. The lowest BCUT2D eigenvalue weighted by molar-refractivity contribution is 0.174. The van der Waals surface area contributed by atoms with Crippen LogP contribution in [0.1, 0.15) is 33.6 Å². The van der Waals surface area contributed by atoms with Gasteiger partial charge in [0, 0.05) is 6.07 Å². The lowest BCUT2D eigenvalue weighted by Gasteiger charge is -2.05. The Morgan fingerprint density at radius 1 is 1.24 bits per heavy atom. The van der Waals surface area contributed by atoms with Gasteiger partial charge in [-0.2, -0.15) is 0 Å². The molecule has 0 N–H and O–H groups in total. The number of benzene rings is 1. The summed E-state index contributed by atoms with van der Waals surface area (Å²) in [4.78, 5) is 0. The van der Waals surface area contributed by atoms with E-state index in [9.17, 15) is 0 Å². The molecule has 0 atom stereocenters. The van der Waals surface area contributed by atoms with Crippen molar-refractivity contribution >= 4 is 0 Å². The maximum atomic E-state index is 5.70. The molecular formula is C18H22O3. The number of fused-ring (bicyclic) bond motifs is 1. The van der Waals surface area contributed by atoms with Crippen molar-refractivity contribution in [3.05, 3.63) is 47.2 Å². The molecule has 0 aliphatic carbocycles. The van der Waals surface area contributed by atoms with Crippen molar-refractivity contribution in [2.45, 2.75) is 33.6 Å². The number of rotatable bonds is 6. The average Bonchev–Trinajstić information content (AvgIpc) is 2.91. The fourth-order valence-corrected chi connectivity index (χ4v) is 1.92. The standard InChI is InChI=1S/C18H22O3/c1-14(2)6-4-5-7-15(3)10-11-19-16-8-9-17-18(12-16)21-13-20-17/h4,8-10,12H,5,7,11,13H2,1-3H3. The summed E-state index contributed by atoms with van der Waals surface area (Å²) in [6.45, 7) is 7.09. The van der Waals surface area contributed by atoms with Gasteiger partial charge >= 0.3 is 0 Å². The minimum atomic E-state index is 0.289. The third-order valence-corrected chi connectivity index (χ3v) is 3.10. The second kappa shape index (κ2) is 7.61. The van der Waals surface area contributed by atoms with Crippen LogP contribution >= 0.6 is 0 Å². The molecule has 0 saturated carbocycles. The van der Waals surface area contributed by atoms with E-state index < -0.39 is 0 Å². The van der Waals surface area contributed by atoms with E-state index in [2.05, 4.69) is 38.7 Å². The highest BCUT2D eigenvalue weighted by Gasteiger charge is 2.13. The maximum Gasteiger partial charge on any atom is 0.231 e. The van der Waals surface area contributed by atoms with Gasteiger partial charge in [-0.05, 0) is 63.5 Å². The molecule has 0 bridgehead atoms. The number of hydrogen-bond donors (Lipinski definition) is 0. The van der Waals surface area contributed by atoms with Gasteiger partial charge in [-0.3, -0.25) is 0 Å². The molecule has 0 fully saturated rings. The highest BCUT2D eigenvalue weighted by Crippen LogP contribution is 2.35. The molecule has 3 nitrogen and oxygen atoms in total. The van der Waals surface area contributed by atoms with Crippen LogP contribution in [0, 0.1) is 0 Å². The van der Waals surface area contributed by atoms with Crippen LogP contribution < -0.4 is 14.2 Å².